The van der Waals surface area contributed by atoms with E-state index in [9.17, 15) is 9.59 Å². The summed E-state index contributed by atoms with van der Waals surface area (Å²) in [5.74, 6) is -0.987. The van der Waals surface area contributed by atoms with Crippen molar-refractivity contribution < 1.29 is 19.1 Å². The Hall–Kier alpha value is -1.32. The monoisotopic (exact) mass is 186 g/mol. The van der Waals surface area contributed by atoms with Crippen molar-refractivity contribution in [3.63, 3.8) is 0 Å². The van der Waals surface area contributed by atoms with E-state index in [1.165, 1.54) is 14.0 Å². The van der Waals surface area contributed by atoms with Crippen molar-refractivity contribution in [3.8, 4) is 0 Å². The van der Waals surface area contributed by atoms with Crippen LogP contribution in [0, 0.1) is 0 Å². The molecule has 0 N–H and O–H groups in total. The Labute approximate surface area is 77.5 Å². The number of carbonyl (C=O) groups is 2. The fourth-order valence-electron chi connectivity index (χ4n) is 0.665. The van der Waals surface area contributed by atoms with Crippen LogP contribution in [0.15, 0.2) is 11.8 Å². The minimum absolute atomic E-state index is 0.0593. The summed E-state index contributed by atoms with van der Waals surface area (Å²) in [4.78, 5) is 22.0. The lowest BCUT2D eigenvalue weighted by molar-refractivity contribution is -0.140. The molecule has 0 atom stereocenters. The summed E-state index contributed by atoms with van der Waals surface area (Å²) in [5, 5.41) is 0. The van der Waals surface area contributed by atoms with E-state index in [-0.39, 0.29) is 11.4 Å². The third kappa shape index (κ3) is 4.30. The van der Waals surface area contributed by atoms with Gasteiger partial charge in [-0.15, -0.1) is 0 Å². The van der Waals surface area contributed by atoms with Crippen LogP contribution in [0.4, 0.5) is 0 Å². The lowest BCUT2D eigenvalue weighted by Crippen LogP contribution is -2.14. The third-order valence-electron chi connectivity index (χ3n) is 1.27. The van der Waals surface area contributed by atoms with Crippen LogP contribution in [-0.2, 0) is 19.1 Å². The highest BCUT2D eigenvalue weighted by molar-refractivity contribution is 6.16. The molecule has 13 heavy (non-hydrogen) atoms. The number of ketones is 1. The minimum atomic E-state index is -0.629. The number of hydrogen-bond acceptors (Lipinski definition) is 4. The summed E-state index contributed by atoms with van der Waals surface area (Å²) in [5.41, 5.74) is -0.0593. The van der Waals surface area contributed by atoms with Gasteiger partial charge in [-0.2, -0.15) is 0 Å². The van der Waals surface area contributed by atoms with E-state index in [0.29, 0.717) is 6.61 Å². The number of esters is 1. The molecule has 0 bridgehead atoms. The Morgan fingerprint density at radius 2 is 2.00 bits per heavy atom. The van der Waals surface area contributed by atoms with Gasteiger partial charge in [0.1, 0.15) is 11.8 Å². The average molecular weight is 186 g/mol. The van der Waals surface area contributed by atoms with E-state index in [1.54, 1.807) is 0 Å². The summed E-state index contributed by atoms with van der Waals surface area (Å²) in [6.07, 6.45) is 1.82. The van der Waals surface area contributed by atoms with Crippen LogP contribution in [0.2, 0.25) is 0 Å². The van der Waals surface area contributed by atoms with Crippen LogP contribution in [0.5, 0.6) is 0 Å². The molecule has 0 aromatic rings. The maximum Gasteiger partial charge on any atom is 0.344 e. The molecule has 0 saturated carbocycles. The van der Waals surface area contributed by atoms with E-state index >= 15 is 0 Å². The van der Waals surface area contributed by atoms with Crippen LogP contribution < -0.4 is 0 Å². The first kappa shape index (κ1) is 11.7. The van der Waals surface area contributed by atoms with Gasteiger partial charge in [-0.25, -0.2) is 4.79 Å². The first-order valence-corrected chi connectivity index (χ1v) is 4.04. The number of rotatable bonds is 5. The molecule has 0 heterocycles. The van der Waals surface area contributed by atoms with Gasteiger partial charge in [0.2, 0.25) is 0 Å². The third-order valence-corrected chi connectivity index (χ3v) is 1.27. The van der Waals surface area contributed by atoms with Gasteiger partial charge in [0.05, 0.1) is 13.7 Å². The zero-order valence-corrected chi connectivity index (χ0v) is 8.12. The zero-order valence-electron chi connectivity index (χ0n) is 8.12. The summed E-state index contributed by atoms with van der Waals surface area (Å²) in [6, 6.07) is 0. The predicted octanol–water partition coefficient (Wildman–Crippen LogP) is 1.06. The van der Waals surface area contributed by atoms with Gasteiger partial charge in [-0.05, 0) is 13.3 Å². The molecule has 4 heteroatoms. The first-order valence-electron chi connectivity index (χ1n) is 4.04. The topological polar surface area (TPSA) is 52.6 Å². The van der Waals surface area contributed by atoms with Crippen molar-refractivity contribution in [2.75, 3.05) is 13.7 Å². The summed E-state index contributed by atoms with van der Waals surface area (Å²) in [7, 11) is 1.37. The van der Waals surface area contributed by atoms with Crippen molar-refractivity contribution in [3.05, 3.63) is 11.8 Å². The molecule has 74 valence electrons. The number of methoxy groups -OCH3 is 1. The minimum Gasteiger partial charge on any atom is -0.503 e. The molecule has 0 spiro atoms. The fourth-order valence-corrected chi connectivity index (χ4v) is 0.665. The number of carbonyl (C=O) groups excluding carboxylic acids is 2. The van der Waals surface area contributed by atoms with Gasteiger partial charge in [-0.1, -0.05) is 6.92 Å². The van der Waals surface area contributed by atoms with E-state index in [4.69, 9.17) is 4.74 Å². The van der Waals surface area contributed by atoms with Gasteiger partial charge in [0, 0.05) is 0 Å². The normalized spacial score (nSPS) is 10.8. The van der Waals surface area contributed by atoms with E-state index < -0.39 is 5.97 Å². The standard InChI is InChI=1S/C9H14O4/c1-4-5-13-9(11)8(6-12-3)7(2)10/h6H,4-5H2,1-3H3. The van der Waals surface area contributed by atoms with Crippen molar-refractivity contribution in [2.24, 2.45) is 0 Å². The lowest BCUT2D eigenvalue weighted by Gasteiger charge is -2.03. The van der Waals surface area contributed by atoms with E-state index in [0.717, 1.165) is 12.7 Å². The van der Waals surface area contributed by atoms with E-state index in [2.05, 4.69) is 4.74 Å². The fraction of sp³-hybridized carbons (Fsp3) is 0.556. The van der Waals surface area contributed by atoms with Crippen molar-refractivity contribution in [2.45, 2.75) is 20.3 Å². The average Bonchev–Trinajstić information content (AvgIpc) is 2.09. The highest BCUT2D eigenvalue weighted by Gasteiger charge is 2.15. The van der Waals surface area contributed by atoms with Gasteiger partial charge >= 0.3 is 5.97 Å². The highest BCUT2D eigenvalue weighted by atomic mass is 16.5. The molecular formula is C9H14O4. The molecule has 0 aliphatic heterocycles. The largest absolute Gasteiger partial charge is 0.503 e. The molecule has 0 aliphatic rings. The van der Waals surface area contributed by atoms with Crippen LogP contribution in [0.1, 0.15) is 20.3 Å². The Kier molecular flexibility index (Phi) is 5.59. The number of ether oxygens (including phenoxy) is 2. The Morgan fingerprint density at radius 1 is 1.38 bits per heavy atom. The molecule has 0 aliphatic carbocycles. The van der Waals surface area contributed by atoms with Gasteiger partial charge < -0.3 is 9.47 Å². The Balaban J connectivity index is 4.30. The zero-order chi connectivity index (χ0) is 10.3. The van der Waals surface area contributed by atoms with Crippen LogP contribution >= 0.6 is 0 Å². The lowest BCUT2D eigenvalue weighted by atomic mass is 10.2. The molecule has 0 aromatic carbocycles. The SMILES string of the molecule is CCCOC(=O)C(=COC)C(C)=O. The molecule has 0 rings (SSSR count). The second kappa shape index (κ2) is 6.22. The maximum atomic E-state index is 11.1. The summed E-state index contributed by atoms with van der Waals surface area (Å²) in [6.45, 7) is 3.48. The van der Waals surface area contributed by atoms with Crippen molar-refractivity contribution in [1.82, 2.24) is 0 Å². The second-order valence-corrected chi connectivity index (χ2v) is 2.46. The Morgan fingerprint density at radius 3 is 2.38 bits per heavy atom. The maximum absolute atomic E-state index is 11.1. The second-order valence-electron chi connectivity index (χ2n) is 2.46. The molecule has 0 unspecified atom stereocenters. The van der Waals surface area contributed by atoms with Crippen LogP contribution in [-0.4, -0.2) is 25.5 Å². The molecule has 0 fully saturated rings. The van der Waals surface area contributed by atoms with Gasteiger partial charge in [-0.3, -0.25) is 4.79 Å². The van der Waals surface area contributed by atoms with Crippen LogP contribution in [0.3, 0.4) is 0 Å². The molecule has 0 saturated heterocycles. The van der Waals surface area contributed by atoms with Crippen molar-refractivity contribution in [1.29, 1.82) is 0 Å². The smallest absolute Gasteiger partial charge is 0.344 e. The number of Topliss-reactive ketones (excluding diaryl/α,β-unsaturated/α-hetero) is 1. The Bertz CT molecular complexity index is 218. The van der Waals surface area contributed by atoms with Crippen LogP contribution in [0.25, 0.3) is 0 Å². The predicted molar refractivity (Wildman–Crippen MR) is 47.0 cm³/mol. The molecular weight excluding hydrogens is 172 g/mol. The van der Waals surface area contributed by atoms with Crippen molar-refractivity contribution >= 4 is 11.8 Å². The molecule has 0 aromatic heterocycles. The quantitative estimate of drug-likeness (QED) is 0.212. The van der Waals surface area contributed by atoms with Gasteiger partial charge in [0.15, 0.2) is 5.78 Å². The first-order chi connectivity index (χ1) is 6.13. The summed E-state index contributed by atoms with van der Waals surface area (Å²) >= 11 is 0. The summed E-state index contributed by atoms with van der Waals surface area (Å²) < 4.78 is 9.34. The van der Waals surface area contributed by atoms with Gasteiger partial charge in [0.25, 0.3) is 0 Å². The van der Waals surface area contributed by atoms with E-state index in [1.807, 2.05) is 6.92 Å². The number of hydrogen-bond donors (Lipinski definition) is 0. The molecule has 0 amide bonds. The highest BCUT2D eigenvalue weighted by Crippen LogP contribution is 2.00. The molecule has 4 nitrogen and oxygen atoms in total. The molecule has 0 radical (unpaired) electrons.